The lowest BCUT2D eigenvalue weighted by Gasteiger charge is -2.23. The Hall–Kier alpha value is -0.770. The van der Waals surface area contributed by atoms with E-state index in [4.69, 9.17) is 11.6 Å². The molecule has 1 aliphatic rings. The molecule has 0 spiro atoms. The number of aromatic hydroxyl groups is 1. The predicted molar refractivity (Wildman–Crippen MR) is 63.6 cm³/mol. The molecule has 0 saturated carbocycles. The summed E-state index contributed by atoms with van der Waals surface area (Å²) < 4.78 is 0. The summed E-state index contributed by atoms with van der Waals surface area (Å²) in [5, 5.41) is 19.5. The zero-order chi connectivity index (χ0) is 11.5. The van der Waals surface area contributed by atoms with Gasteiger partial charge >= 0.3 is 0 Å². The van der Waals surface area contributed by atoms with Crippen LogP contribution < -0.4 is 0 Å². The van der Waals surface area contributed by atoms with Gasteiger partial charge in [-0.2, -0.15) is 0 Å². The van der Waals surface area contributed by atoms with E-state index in [9.17, 15) is 10.2 Å². The summed E-state index contributed by atoms with van der Waals surface area (Å²) in [6.45, 7) is 1.80. The van der Waals surface area contributed by atoms with Gasteiger partial charge < -0.3 is 10.2 Å². The van der Waals surface area contributed by atoms with Crippen LogP contribution in [0.1, 0.15) is 18.4 Å². The van der Waals surface area contributed by atoms with Gasteiger partial charge in [-0.15, -0.1) is 0 Å². The highest BCUT2D eigenvalue weighted by Crippen LogP contribution is 2.26. The highest BCUT2D eigenvalue weighted by molar-refractivity contribution is 6.30. The van der Waals surface area contributed by atoms with E-state index in [1.807, 2.05) is 0 Å². The third-order valence-corrected chi connectivity index (χ3v) is 3.36. The van der Waals surface area contributed by atoms with Gasteiger partial charge in [0.25, 0.3) is 0 Å². The van der Waals surface area contributed by atoms with Crippen LogP contribution in [0.4, 0.5) is 0 Å². The Bertz CT molecular complexity index is 370. The van der Waals surface area contributed by atoms with Gasteiger partial charge in [0.05, 0.1) is 6.61 Å². The molecule has 1 saturated heterocycles. The average molecular weight is 242 g/mol. The molecule has 88 valence electrons. The molecule has 0 bridgehead atoms. The van der Waals surface area contributed by atoms with E-state index in [1.165, 1.54) is 0 Å². The minimum Gasteiger partial charge on any atom is -0.508 e. The molecule has 4 heteroatoms. The van der Waals surface area contributed by atoms with Crippen LogP contribution in [-0.4, -0.2) is 34.3 Å². The molecule has 0 aliphatic carbocycles. The van der Waals surface area contributed by atoms with Crippen LogP contribution in [0, 0.1) is 0 Å². The van der Waals surface area contributed by atoms with E-state index in [0.717, 1.165) is 24.9 Å². The van der Waals surface area contributed by atoms with Gasteiger partial charge in [-0.1, -0.05) is 11.6 Å². The molecule has 1 aliphatic heterocycles. The van der Waals surface area contributed by atoms with Crippen molar-refractivity contribution in [1.82, 2.24) is 4.90 Å². The van der Waals surface area contributed by atoms with Crippen LogP contribution in [0.3, 0.4) is 0 Å². The number of hydrogen-bond donors (Lipinski definition) is 2. The Morgan fingerprint density at radius 2 is 2.25 bits per heavy atom. The van der Waals surface area contributed by atoms with E-state index >= 15 is 0 Å². The van der Waals surface area contributed by atoms with E-state index < -0.39 is 0 Å². The number of phenolic OH excluding ortho intramolecular Hbond substituents is 1. The Labute approximate surface area is 100 Å². The highest BCUT2D eigenvalue weighted by Gasteiger charge is 2.24. The smallest absolute Gasteiger partial charge is 0.120 e. The lowest BCUT2D eigenvalue weighted by Crippen LogP contribution is -2.31. The van der Waals surface area contributed by atoms with Crippen molar-refractivity contribution in [3.63, 3.8) is 0 Å². The molecule has 1 atom stereocenters. The number of phenols is 1. The van der Waals surface area contributed by atoms with E-state index in [-0.39, 0.29) is 18.4 Å². The van der Waals surface area contributed by atoms with Crippen LogP contribution in [0.5, 0.6) is 5.75 Å². The highest BCUT2D eigenvalue weighted by atomic mass is 35.5. The molecular formula is C12H16ClNO2. The van der Waals surface area contributed by atoms with Crippen molar-refractivity contribution < 1.29 is 10.2 Å². The second-order valence-electron chi connectivity index (χ2n) is 4.22. The number of aliphatic hydroxyl groups is 1. The Kier molecular flexibility index (Phi) is 3.69. The van der Waals surface area contributed by atoms with E-state index in [1.54, 1.807) is 18.2 Å². The van der Waals surface area contributed by atoms with Crippen LogP contribution in [0.15, 0.2) is 18.2 Å². The lowest BCUT2D eigenvalue weighted by atomic mass is 10.1. The fourth-order valence-corrected chi connectivity index (χ4v) is 2.40. The van der Waals surface area contributed by atoms with Crippen molar-refractivity contribution in [2.75, 3.05) is 13.2 Å². The summed E-state index contributed by atoms with van der Waals surface area (Å²) in [6.07, 6.45) is 2.13. The fraction of sp³-hybridized carbons (Fsp3) is 0.500. The normalized spacial score (nSPS) is 21.5. The molecule has 1 fully saturated rings. The van der Waals surface area contributed by atoms with Gasteiger partial charge in [-0.05, 0) is 37.6 Å². The molecule has 0 amide bonds. The predicted octanol–water partition coefficient (Wildman–Crippen LogP) is 2.00. The molecule has 0 radical (unpaired) electrons. The Balaban J connectivity index is 2.11. The molecule has 2 rings (SSSR count). The number of likely N-dealkylation sites (tertiary alicyclic amines) is 1. The van der Waals surface area contributed by atoms with Crippen LogP contribution in [-0.2, 0) is 6.54 Å². The topological polar surface area (TPSA) is 43.7 Å². The summed E-state index contributed by atoms with van der Waals surface area (Å²) in [5.41, 5.74) is 0.827. The second-order valence-corrected chi connectivity index (χ2v) is 4.66. The van der Waals surface area contributed by atoms with Gasteiger partial charge in [0.1, 0.15) is 5.75 Å². The number of hydrogen-bond acceptors (Lipinski definition) is 3. The van der Waals surface area contributed by atoms with Gasteiger partial charge in [0, 0.05) is 23.2 Å². The van der Waals surface area contributed by atoms with Crippen LogP contribution in [0.25, 0.3) is 0 Å². The quantitative estimate of drug-likeness (QED) is 0.851. The van der Waals surface area contributed by atoms with Crippen molar-refractivity contribution >= 4 is 11.6 Å². The molecule has 0 aromatic heterocycles. The lowest BCUT2D eigenvalue weighted by molar-refractivity contribution is 0.152. The number of halogens is 1. The molecule has 1 heterocycles. The summed E-state index contributed by atoms with van der Waals surface area (Å²) in [6, 6.07) is 5.29. The zero-order valence-electron chi connectivity index (χ0n) is 9.06. The first-order chi connectivity index (χ1) is 7.70. The maximum absolute atomic E-state index is 9.71. The second kappa shape index (κ2) is 5.04. The third kappa shape index (κ3) is 2.48. The summed E-state index contributed by atoms with van der Waals surface area (Å²) in [5.74, 6) is 0.271. The first-order valence-electron chi connectivity index (χ1n) is 5.53. The van der Waals surface area contributed by atoms with Crippen molar-refractivity contribution in [1.29, 1.82) is 0 Å². The Morgan fingerprint density at radius 1 is 1.44 bits per heavy atom. The SMILES string of the molecule is OC[C@H]1CCCN1Cc1cc(Cl)ccc1O. The van der Waals surface area contributed by atoms with E-state index in [0.29, 0.717) is 11.6 Å². The number of rotatable bonds is 3. The van der Waals surface area contributed by atoms with Crippen molar-refractivity contribution in [2.24, 2.45) is 0 Å². The molecule has 2 N–H and O–H groups in total. The zero-order valence-corrected chi connectivity index (χ0v) is 9.82. The maximum Gasteiger partial charge on any atom is 0.120 e. The van der Waals surface area contributed by atoms with Crippen molar-refractivity contribution in [2.45, 2.75) is 25.4 Å². The largest absolute Gasteiger partial charge is 0.508 e. The summed E-state index contributed by atoms with van der Waals surface area (Å²) >= 11 is 5.89. The molecule has 16 heavy (non-hydrogen) atoms. The standard InChI is InChI=1S/C12H16ClNO2/c13-10-3-4-12(16)9(6-10)7-14-5-1-2-11(14)8-15/h3-4,6,11,15-16H,1-2,5,7-8H2/t11-/m1/s1. The van der Waals surface area contributed by atoms with Crippen LogP contribution >= 0.6 is 11.6 Å². The van der Waals surface area contributed by atoms with Crippen molar-refractivity contribution in [3.05, 3.63) is 28.8 Å². The molecular weight excluding hydrogens is 226 g/mol. The minimum atomic E-state index is 0.182. The molecule has 1 aromatic rings. The summed E-state index contributed by atoms with van der Waals surface area (Å²) in [7, 11) is 0. The summed E-state index contributed by atoms with van der Waals surface area (Å²) in [4.78, 5) is 2.19. The van der Waals surface area contributed by atoms with Gasteiger partial charge in [-0.3, -0.25) is 4.90 Å². The van der Waals surface area contributed by atoms with Crippen molar-refractivity contribution in [3.8, 4) is 5.75 Å². The monoisotopic (exact) mass is 241 g/mol. The molecule has 1 aromatic carbocycles. The fourth-order valence-electron chi connectivity index (χ4n) is 2.21. The number of benzene rings is 1. The van der Waals surface area contributed by atoms with E-state index in [2.05, 4.69) is 4.90 Å². The Morgan fingerprint density at radius 3 is 3.00 bits per heavy atom. The minimum absolute atomic E-state index is 0.182. The number of nitrogens with zero attached hydrogens (tertiary/aromatic N) is 1. The molecule has 0 unspecified atom stereocenters. The molecule has 3 nitrogen and oxygen atoms in total. The van der Waals surface area contributed by atoms with Gasteiger partial charge in [0.2, 0.25) is 0 Å². The maximum atomic E-state index is 9.71. The first kappa shape index (κ1) is 11.7. The van der Waals surface area contributed by atoms with Gasteiger partial charge in [0.15, 0.2) is 0 Å². The number of aliphatic hydroxyl groups excluding tert-OH is 1. The third-order valence-electron chi connectivity index (χ3n) is 3.12. The first-order valence-corrected chi connectivity index (χ1v) is 5.91. The van der Waals surface area contributed by atoms with Crippen LogP contribution in [0.2, 0.25) is 5.02 Å². The average Bonchev–Trinajstić information content (AvgIpc) is 2.71. The van der Waals surface area contributed by atoms with Gasteiger partial charge in [-0.25, -0.2) is 0 Å².